The highest BCUT2D eigenvalue weighted by molar-refractivity contribution is 9.10. The zero-order chi connectivity index (χ0) is 10.9. The molecule has 0 aromatic heterocycles. The van der Waals surface area contributed by atoms with Crippen molar-refractivity contribution in [3.8, 4) is 0 Å². The van der Waals surface area contributed by atoms with Crippen molar-refractivity contribution in [3.63, 3.8) is 0 Å². The van der Waals surface area contributed by atoms with E-state index in [9.17, 15) is 0 Å². The lowest BCUT2D eigenvalue weighted by Gasteiger charge is -2.21. The fraction of sp³-hybridized carbons (Fsp3) is 0.273. The Bertz CT molecular complexity index is 418. The van der Waals surface area contributed by atoms with E-state index in [-0.39, 0.29) is 5.66 Å². The van der Waals surface area contributed by atoms with Crippen LogP contribution >= 0.6 is 15.9 Å². The van der Waals surface area contributed by atoms with Crippen LogP contribution in [0.1, 0.15) is 19.4 Å². The van der Waals surface area contributed by atoms with Gasteiger partial charge in [0.25, 0.3) is 0 Å². The molecule has 0 atom stereocenters. The van der Waals surface area contributed by atoms with Crippen LogP contribution in [-0.2, 0) is 0 Å². The van der Waals surface area contributed by atoms with E-state index in [1.807, 2.05) is 38.1 Å². The molecule has 15 heavy (non-hydrogen) atoms. The lowest BCUT2D eigenvalue weighted by molar-refractivity contribution is 0.547. The molecule has 78 valence electrons. The van der Waals surface area contributed by atoms with Crippen LogP contribution in [0.3, 0.4) is 0 Å². The van der Waals surface area contributed by atoms with Crippen molar-refractivity contribution in [2.45, 2.75) is 19.5 Å². The minimum Gasteiger partial charge on any atom is -0.331 e. The summed E-state index contributed by atoms with van der Waals surface area (Å²) in [6.45, 7) is 3.95. The summed E-state index contributed by atoms with van der Waals surface area (Å²) in [5.41, 5.74) is 0.700. The van der Waals surface area contributed by atoms with Gasteiger partial charge >= 0.3 is 0 Å². The number of aliphatic imine (C=N–C) groups is 2. The molecule has 1 aliphatic heterocycles. The fourth-order valence-electron chi connectivity index (χ4n) is 1.34. The summed E-state index contributed by atoms with van der Waals surface area (Å²) in [6.07, 6.45) is 1.70. The molecule has 2 rings (SSSR count). The number of halogens is 1. The van der Waals surface area contributed by atoms with Gasteiger partial charge in [-0.1, -0.05) is 28.1 Å². The first-order valence-electron chi connectivity index (χ1n) is 4.73. The molecule has 0 spiro atoms. The molecule has 4 heteroatoms. The molecule has 0 saturated heterocycles. The second-order valence-electron chi connectivity index (χ2n) is 3.86. The normalized spacial score (nSPS) is 18.2. The number of nitrogens with zero attached hydrogens (tertiary/aromatic N) is 2. The molecule has 1 N–H and O–H groups in total. The number of hydrogen-bond acceptors (Lipinski definition) is 3. The second-order valence-corrected chi connectivity index (χ2v) is 4.78. The summed E-state index contributed by atoms with van der Waals surface area (Å²) in [5.74, 6) is 0.863. The molecular weight excluding hydrogens is 254 g/mol. The summed E-state index contributed by atoms with van der Waals surface area (Å²) in [5, 5.41) is 3.05. The lowest BCUT2D eigenvalue weighted by atomic mass is 10.2. The molecule has 0 unspecified atom stereocenters. The van der Waals surface area contributed by atoms with Crippen molar-refractivity contribution in [3.05, 3.63) is 34.3 Å². The summed E-state index contributed by atoms with van der Waals surface area (Å²) in [4.78, 5) is 8.73. The maximum Gasteiger partial charge on any atom is 0.148 e. The molecular formula is C11H12BrN3. The Balaban J connectivity index is 2.32. The molecule has 1 aromatic carbocycles. The minimum atomic E-state index is -0.367. The van der Waals surface area contributed by atoms with Crippen LogP contribution in [-0.4, -0.2) is 17.8 Å². The standard InChI is InChI=1S/C11H12BrN3/c1-11(2)14-7-13-10(15-11)8-3-5-9(12)6-4-8/h3-7H,1-2H3,(H,13,14,15). The van der Waals surface area contributed by atoms with Gasteiger partial charge in [0.2, 0.25) is 0 Å². The van der Waals surface area contributed by atoms with Crippen molar-refractivity contribution in [2.75, 3.05) is 0 Å². The number of nitrogens with one attached hydrogen (secondary N) is 1. The SMILES string of the molecule is CC1(C)N=CNC(c2ccc(Br)cc2)=N1. The number of amidine groups is 1. The molecule has 0 fully saturated rings. The Morgan fingerprint density at radius 2 is 1.87 bits per heavy atom. The summed E-state index contributed by atoms with van der Waals surface area (Å²) in [7, 11) is 0. The molecule has 3 nitrogen and oxygen atoms in total. The first-order chi connectivity index (χ1) is 7.07. The molecule has 0 saturated carbocycles. The molecule has 0 aliphatic carbocycles. The van der Waals surface area contributed by atoms with Crippen molar-refractivity contribution in [1.29, 1.82) is 0 Å². The number of benzene rings is 1. The van der Waals surface area contributed by atoms with Gasteiger partial charge in [-0.25, -0.2) is 9.98 Å². The van der Waals surface area contributed by atoms with E-state index < -0.39 is 0 Å². The van der Waals surface area contributed by atoms with E-state index >= 15 is 0 Å². The van der Waals surface area contributed by atoms with E-state index in [0.717, 1.165) is 15.9 Å². The minimum absolute atomic E-state index is 0.367. The van der Waals surface area contributed by atoms with Gasteiger partial charge in [0.05, 0.1) is 6.34 Å². The smallest absolute Gasteiger partial charge is 0.148 e. The van der Waals surface area contributed by atoms with Gasteiger partial charge in [0, 0.05) is 10.0 Å². The van der Waals surface area contributed by atoms with E-state index in [2.05, 4.69) is 31.2 Å². The molecule has 0 amide bonds. The summed E-state index contributed by atoms with van der Waals surface area (Å²) in [6, 6.07) is 8.03. The zero-order valence-corrected chi connectivity index (χ0v) is 10.2. The third-order valence-corrected chi connectivity index (χ3v) is 2.61. The predicted octanol–water partition coefficient (Wildman–Crippen LogP) is 2.56. The highest BCUT2D eigenvalue weighted by atomic mass is 79.9. The monoisotopic (exact) mass is 265 g/mol. The lowest BCUT2D eigenvalue weighted by Crippen LogP contribution is -2.33. The first-order valence-corrected chi connectivity index (χ1v) is 5.52. The fourth-order valence-corrected chi connectivity index (χ4v) is 1.61. The highest BCUT2D eigenvalue weighted by Crippen LogP contribution is 2.16. The Kier molecular flexibility index (Phi) is 2.61. The Labute approximate surface area is 97.5 Å². The van der Waals surface area contributed by atoms with Gasteiger partial charge in [-0.05, 0) is 26.0 Å². The molecule has 0 radical (unpaired) electrons. The maximum absolute atomic E-state index is 4.51. The van der Waals surface area contributed by atoms with Gasteiger partial charge in [-0.15, -0.1) is 0 Å². The van der Waals surface area contributed by atoms with Crippen molar-refractivity contribution >= 4 is 28.1 Å². The van der Waals surface area contributed by atoms with Gasteiger partial charge in [0.15, 0.2) is 0 Å². The quantitative estimate of drug-likeness (QED) is 0.833. The van der Waals surface area contributed by atoms with Crippen molar-refractivity contribution in [1.82, 2.24) is 5.32 Å². The molecule has 1 heterocycles. The van der Waals surface area contributed by atoms with E-state index in [1.54, 1.807) is 6.34 Å². The van der Waals surface area contributed by atoms with Crippen LogP contribution in [0.25, 0.3) is 0 Å². The topological polar surface area (TPSA) is 36.8 Å². The van der Waals surface area contributed by atoms with Crippen LogP contribution in [0.2, 0.25) is 0 Å². The number of hydrogen-bond donors (Lipinski definition) is 1. The Morgan fingerprint density at radius 1 is 1.20 bits per heavy atom. The molecule has 0 bridgehead atoms. The van der Waals surface area contributed by atoms with Crippen molar-refractivity contribution < 1.29 is 0 Å². The van der Waals surface area contributed by atoms with E-state index in [1.165, 1.54) is 0 Å². The zero-order valence-electron chi connectivity index (χ0n) is 8.66. The second kappa shape index (κ2) is 3.77. The summed E-state index contributed by atoms with van der Waals surface area (Å²) >= 11 is 3.41. The maximum atomic E-state index is 4.51. The molecule has 1 aromatic rings. The Morgan fingerprint density at radius 3 is 2.47 bits per heavy atom. The van der Waals surface area contributed by atoms with E-state index in [0.29, 0.717) is 0 Å². The average molecular weight is 266 g/mol. The number of rotatable bonds is 1. The van der Waals surface area contributed by atoms with Crippen LogP contribution in [0, 0.1) is 0 Å². The highest BCUT2D eigenvalue weighted by Gasteiger charge is 2.18. The third kappa shape index (κ3) is 2.45. The van der Waals surface area contributed by atoms with Gasteiger partial charge in [-0.3, -0.25) is 0 Å². The molecule has 1 aliphatic rings. The predicted molar refractivity (Wildman–Crippen MR) is 66.4 cm³/mol. The largest absolute Gasteiger partial charge is 0.331 e. The third-order valence-electron chi connectivity index (χ3n) is 2.08. The van der Waals surface area contributed by atoms with Crippen molar-refractivity contribution in [2.24, 2.45) is 9.98 Å². The van der Waals surface area contributed by atoms with Crippen LogP contribution in [0.4, 0.5) is 0 Å². The first kappa shape index (κ1) is 10.4. The van der Waals surface area contributed by atoms with E-state index in [4.69, 9.17) is 0 Å². The van der Waals surface area contributed by atoms with Gasteiger partial charge in [-0.2, -0.15) is 0 Å². The van der Waals surface area contributed by atoms with Gasteiger partial charge < -0.3 is 5.32 Å². The summed E-state index contributed by atoms with van der Waals surface area (Å²) < 4.78 is 1.07. The van der Waals surface area contributed by atoms with Gasteiger partial charge in [0.1, 0.15) is 11.5 Å². The van der Waals surface area contributed by atoms with Crippen LogP contribution in [0.5, 0.6) is 0 Å². The van der Waals surface area contributed by atoms with Crippen LogP contribution in [0.15, 0.2) is 38.7 Å². The average Bonchev–Trinajstić information content (AvgIpc) is 2.17. The Hall–Kier alpha value is -1.16. The van der Waals surface area contributed by atoms with Crippen LogP contribution < -0.4 is 5.32 Å².